The average molecular weight is 303 g/mol. The minimum absolute atomic E-state index is 0.142. The molecule has 3 nitrogen and oxygen atoms in total. The summed E-state index contributed by atoms with van der Waals surface area (Å²) in [6.45, 7) is 5.48. The van der Waals surface area contributed by atoms with Crippen LogP contribution in [0.4, 0.5) is 0 Å². The van der Waals surface area contributed by atoms with Crippen LogP contribution >= 0.6 is 11.6 Å². The van der Waals surface area contributed by atoms with Crippen molar-refractivity contribution in [3.8, 4) is 5.69 Å². The van der Waals surface area contributed by atoms with Crippen LogP contribution in [0.1, 0.15) is 32.5 Å². The maximum atomic E-state index is 12.9. The molecule has 0 saturated carbocycles. The predicted octanol–water partition coefficient (Wildman–Crippen LogP) is 2.02. The summed E-state index contributed by atoms with van der Waals surface area (Å²) in [7, 11) is 0. The molecule has 110 valence electrons. The van der Waals surface area contributed by atoms with E-state index in [1.807, 2.05) is 56.3 Å². The zero-order valence-corrected chi connectivity index (χ0v) is 13.2. The average Bonchev–Trinajstić information content (AvgIpc) is 2.46. The lowest BCUT2D eigenvalue weighted by Gasteiger charge is -2.16. The predicted molar refractivity (Wildman–Crippen MR) is 89.0 cm³/mol. The Bertz CT molecular complexity index is 816. The number of pyridine rings is 1. The molecule has 2 aromatic rings. The van der Waals surface area contributed by atoms with Gasteiger partial charge in [-0.15, -0.1) is 0 Å². The third kappa shape index (κ3) is 2.94. The molecule has 0 amide bonds. The fourth-order valence-corrected chi connectivity index (χ4v) is 2.59. The van der Waals surface area contributed by atoms with Gasteiger partial charge in [0.15, 0.2) is 0 Å². The van der Waals surface area contributed by atoms with Crippen molar-refractivity contribution in [1.82, 2.24) is 4.57 Å². The van der Waals surface area contributed by atoms with Gasteiger partial charge >= 0.3 is 0 Å². The fraction of sp³-hybridized carbons (Fsp3) is 0.235. The number of hydrogen-bond donors (Lipinski definition) is 1. The van der Waals surface area contributed by atoms with Gasteiger partial charge in [-0.3, -0.25) is 9.36 Å². The monoisotopic (exact) mass is 302 g/mol. The molecule has 0 fully saturated rings. The van der Waals surface area contributed by atoms with Gasteiger partial charge < -0.3 is 5.73 Å². The molecule has 1 atom stereocenters. The van der Waals surface area contributed by atoms with Crippen molar-refractivity contribution in [2.75, 3.05) is 0 Å². The third-order valence-electron chi connectivity index (χ3n) is 3.40. The van der Waals surface area contributed by atoms with E-state index in [1.165, 1.54) is 0 Å². The minimum Gasteiger partial charge on any atom is -0.323 e. The van der Waals surface area contributed by atoms with Crippen molar-refractivity contribution in [1.29, 1.82) is 0 Å². The maximum absolute atomic E-state index is 12.9. The number of nitrogens with two attached hydrogens (primary N) is 1. The highest BCUT2D eigenvalue weighted by atomic mass is 35.5. The van der Waals surface area contributed by atoms with Crippen molar-refractivity contribution >= 4 is 22.7 Å². The van der Waals surface area contributed by atoms with E-state index in [1.54, 1.807) is 11.5 Å². The molecule has 0 spiro atoms. The van der Waals surface area contributed by atoms with E-state index in [9.17, 15) is 4.79 Å². The van der Waals surface area contributed by atoms with Crippen LogP contribution in [0.3, 0.4) is 0 Å². The second-order valence-electron chi connectivity index (χ2n) is 4.99. The SMILES string of the molecule is CC=c1cc(C(C)N)n(-c2ccccc2)c(=O)c1=C(C)Cl. The lowest BCUT2D eigenvalue weighted by atomic mass is 10.1. The zero-order chi connectivity index (χ0) is 15.6. The lowest BCUT2D eigenvalue weighted by molar-refractivity contribution is 0.724. The third-order valence-corrected chi connectivity index (χ3v) is 3.59. The summed E-state index contributed by atoms with van der Waals surface area (Å²) in [5, 5.41) is 1.81. The van der Waals surface area contributed by atoms with Crippen LogP contribution in [-0.2, 0) is 0 Å². The summed E-state index contributed by atoms with van der Waals surface area (Å²) >= 11 is 6.14. The van der Waals surface area contributed by atoms with E-state index >= 15 is 0 Å². The van der Waals surface area contributed by atoms with Gasteiger partial charge in [-0.25, -0.2) is 0 Å². The van der Waals surface area contributed by atoms with Gasteiger partial charge in [-0.05, 0) is 44.2 Å². The van der Waals surface area contributed by atoms with Gasteiger partial charge in [-0.1, -0.05) is 35.9 Å². The molecule has 2 rings (SSSR count). The molecule has 0 aliphatic rings. The Kier molecular flexibility index (Phi) is 4.66. The van der Waals surface area contributed by atoms with Crippen LogP contribution < -0.4 is 21.7 Å². The molecule has 0 radical (unpaired) electrons. The number of para-hydroxylation sites is 1. The Morgan fingerprint density at radius 1 is 1.33 bits per heavy atom. The van der Waals surface area contributed by atoms with Crippen LogP contribution in [0.15, 0.2) is 41.2 Å². The Morgan fingerprint density at radius 3 is 2.43 bits per heavy atom. The number of nitrogens with zero attached hydrogens (tertiary/aromatic N) is 1. The maximum Gasteiger partial charge on any atom is 0.264 e. The van der Waals surface area contributed by atoms with E-state index in [4.69, 9.17) is 17.3 Å². The molecule has 4 heteroatoms. The lowest BCUT2D eigenvalue weighted by Crippen LogP contribution is -2.47. The summed E-state index contributed by atoms with van der Waals surface area (Å²) in [6, 6.07) is 11.1. The zero-order valence-electron chi connectivity index (χ0n) is 12.4. The molecule has 0 aliphatic carbocycles. The molecular formula is C17H19ClN2O. The number of hydrogen-bond acceptors (Lipinski definition) is 2. The van der Waals surface area contributed by atoms with E-state index in [0.717, 1.165) is 16.6 Å². The molecule has 2 N–H and O–H groups in total. The summed E-state index contributed by atoms with van der Waals surface area (Å²) in [4.78, 5) is 12.9. The molecule has 1 aromatic carbocycles. The molecule has 0 bridgehead atoms. The molecule has 0 saturated heterocycles. The van der Waals surface area contributed by atoms with Crippen LogP contribution in [-0.4, -0.2) is 4.57 Å². The van der Waals surface area contributed by atoms with Crippen LogP contribution in [0, 0.1) is 0 Å². The van der Waals surface area contributed by atoms with Crippen molar-refractivity contribution < 1.29 is 0 Å². The van der Waals surface area contributed by atoms with Gasteiger partial charge in [0, 0.05) is 22.5 Å². The summed E-state index contributed by atoms with van der Waals surface area (Å²) < 4.78 is 1.64. The largest absolute Gasteiger partial charge is 0.323 e. The summed E-state index contributed by atoms with van der Waals surface area (Å²) in [6.07, 6.45) is 1.88. The Labute approximate surface area is 129 Å². The van der Waals surface area contributed by atoms with Crippen LogP contribution in [0.2, 0.25) is 0 Å². The number of rotatable bonds is 2. The molecule has 21 heavy (non-hydrogen) atoms. The quantitative estimate of drug-likeness (QED) is 0.923. The van der Waals surface area contributed by atoms with E-state index in [-0.39, 0.29) is 11.6 Å². The first-order valence-corrected chi connectivity index (χ1v) is 7.25. The first kappa shape index (κ1) is 15.5. The van der Waals surface area contributed by atoms with E-state index < -0.39 is 0 Å². The van der Waals surface area contributed by atoms with Gasteiger partial charge in [0.25, 0.3) is 5.56 Å². The van der Waals surface area contributed by atoms with Crippen molar-refractivity contribution in [3.63, 3.8) is 0 Å². The Morgan fingerprint density at radius 2 is 1.95 bits per heavy atom. The fourth-order valence-electron chi connectivity index (χ4n) is 2.40. The summed E-state index contributed by atoms with van der Waals surface area (Å²) in [5.74, 6) is 0. The number of benzene rings is 1. The van der Waals surface area contributed by atoms with Gasteiger partial charge in [-0.2, -0.15) is 0 Å². The minimum atomic E-state index is -0.263. The summed E-state index contributed by atoms with van der Waals surface area (Å²) in [5.41, 5.74) is 7.47. The first-order valence-electron chi connectivity index (χ1n) is 6.87. The van der Waals surface area contributed by atoms with E-state index in [0.29, 0.717) is 10.3 Å². The highest BCUT2D eigenvalue weighted by Crippen LogP contribution is 2.11. The standard InChI is InChI=1S/C17H19ClN2O/c1-4-13-10-15(12(3)19)20(14-8-6-5-7-9-14)17(21)16(13)11(2)18/h4-10,12H,19H2,1-3H3. The van der Waals surface area contributed by atoms with Gasteiger partial charge in [0.05, 0.1) is 5.22 Å². The first-order chi connectivity index (χ1) is 9.97. The van der Waals surface area contributed by atoms with Crippen LogP contribution in [0.25, 0.3) is 16.8 Å². The molecule has 1 aromatic heterocycles. The van der Waals surface area contributed by atoms with E-state index in [2.05, 4.69) is 0 Å². The van der Waals surface area contributed by atoms with Gasteiger partial charge in [0.1, 0.15) is 0 Å². The Hall–Kier alpha value is -1.84. The van der Waals surface area contributed by atoms with Crippen molar-refractivity contribution in [2.24, 2.45) is 5.73 Å². The number of aromatic nitrogens is 1. The van der Waals surface area contributed by atoms with Crippen molar-refractivity contribution in [3.05, 3.63) is 62.9 Å². The van der Waals surface area contributed by atoms with Gasteiger partial charge in [0.2, 0.25) is 0 Å². The Balaban J connectivity index is 3.04. The molecule has 0 aliphatic heterocycles. The highest BCUT2D eigenvalue weighted by Gasteiger charge is 2.12. The highest BCUT2D eigenvalue weighted by molar-refractivity contribution is 6.44. The van der Waals surface area contributed by atoms with Crippen molar-refractivity contribution in [2.45, 2.75) is 26.8 Å². The molecule has 1 unspecified atom stereocenters. The topological polar surface area (TPSA) is 48.0 Å². The number of halogens is 1. The normalized spacial score (nSPS) is 15.0. The molecular weight excluding hydrogens is 284 g/mol. The van der Waals surface area contributed by atoms with Crippen LogP contribution in [0.5, 0.6) is 0 Å². The molecule has 1 heterocycles. The second kappa shape index (κ2) is 6.29. The second-order valence-corrected chi connectivity index (χ2v) is 5.55. The smallest absolute Gasteiger partial charge is 0.264 e.